The van der Waals surface area contributed by atoms with E-state index in [-0.39, 0.29) is 0 Å². The predicted octanol–water partition coefficient (Wildman–Crippen LogP) is 4.47. The molecule has 0 amide bonds. The molecule has 1 unspecified atom stereocenters. The normalized spacial score (nSPS) is 12.9. The Kier molecular flexibility index (Phi) is 3.66. The van der Waals surface area contributed by atoms with Gasteiger partial charge >= 0.3 is 0 Å². The van der Waals surface area contributed by atoms with Gasteiger partial charge in [-0.2, -0.15) is 5.10 Å². The van der Waals surface area contributed by atoms with Gasteiger partial charge in [0.25, 0.3) is 0 Å². The molecule has 3 nitrogen and oxygen atoms in total. The maximum Gasteiger partial charge on any atom is 0.118 e. The highest BCUT2D eigenvalue weighted by molar-refractivity contribution is 7.20. The van der Waals surface area contributed by atoms with Crippen LogP contribution >= 0.6 is 34.5 Å². The number of nitrogens with zero attached hydrogens (tertiary/aromatic N) is 2. The van der Waals surface area contributed by atoms with Crippen molar-refractivity contribution in [1.82, 2.24) is 9.78 Å². The average molecular weight is 290 g/mol. The molecule has 2 rings (SSSR count). The van der Waals surface area contributed by atoms with E-state index in [0.29, 0.717) is 26.1 Å². The molecule has 2 heterocycles. The lowest BCUT2D eigenvalue weighted by molar-refractivity contribution is 0.479. The van der Waals surface area contributed by atoms with E-state index in [9.17, 15) is 0 Å². The van der Waals surface area contributed by atoms with Crippen LogP contribution in [0.1, 0.15) is 26.3 Å². The summed E-state index contributed by atoms with van der Waals surface area (Å²) in [5.41, 5.74) is 8.10. The summed E-state index contributed by atoms with van der Waals surface area (Å²) in [6.45, 7) is 4.20. The summed E-state index contributed by atoms with van der Waals surface area (Å²) in [5, 5.41) is 4.48. The van der Waals surface area contributed by atoms with Crippen molar-refractivity contribution in [2.24, 2.45) is 0 Å². The lowest BCUT2D eigenvalue weighted by atomic mass is 10.2. The third kappa shape index (κ3) is 2.44. The molecule has 0 aromatic carbocycles. The summed E-state index contributed by atoms with van der Waals surface area (Å²) >= 11 is 13.3. The van der Waals surface area contributed by atoms with Gasteiger partial charge in [-0.05, 0) is 19.4 Å². The molecular weight excluding hydrogens is 277 g/mol. The molecule has 2 N–H and O–H groups in total. The predicted molar refractivity (Wildman–Crippen MR) is 75.0 cm³/mol. The van der Waals surface area contributed by atoms with Gasteiger partial charge in [0.15, 0.2) is 0 Å². The van der Waals surface area contributed by atoms with Crippen LogP contribution in [0.25, 0.3) is 11.3 Å². The topological polar surface area (TPSA) is 43.8 Å². The van der Waals surface area contributed by atoms with Crippen LogP contribution in [0.2, 0.25) is 8.67 Å². The second kappa shape index (κ2) is 4.88. The van der Waals surface area contributed by atoms with Crippen LogP contribution in [0, 0.1) is 0 Å². The number of nitrogens with two attached hydrogens (primary N) is 1. The molecule has 0 radical (unpaired) electrons. The lowest BCUT2D eigenvalue weighted by Crippen LogP contribution is -2.03. The molecule has 17 heavy (non-hydrogen) atoms. The number of anilines is 1. The third-order valence-corrected chi connectivity index (χ3v) is 4.20. The number of halogens is 2. The van der Waals surface area contributed by atoms with Crippen LogP contribution in [0.15, 0.2) is 12.3 Å². The fourth-order valence-corrected chi connectivity index (χ4v) is 3.00. The molecule has 2 aromatic heterocycles. The van der Waals surface area contributed by atoms with Crippen molar-refractivity contribution < 1.29 is 0 Å². The van der Waals surface area contributed by atoms with Crippen LogP contribution in [0.5, 0.6) is 0 Å². The van der Waals surface area contributed by atoms with Gasteiger partial charge in [0.2, 0.25) is 0 Å². The van der Waals surface area contributed by atoms with Gasteiger partial charge in [-0.1, -0.05) is 30.1 Å². The van der Waals surface area contributed by atoms with Crippen LogP contribution in [0.4, 0.5) is 5.69 Å². The van der Waals surface area contributed by atoms with Gasteiger partial charge < -0.3 is 5.73 Å². The Morgan fingerprint density at radius 1 is 1.53 bits per heavy atom. The fourth-order valence-electron chi connectivity index (χ4n) is 1.53. The van der Waals surface area contributed by atoms with Crippen molar-refractivity contribution in [3.8, 4) is 11.3 Å². The highest BCUT2D eigenvalue weighted by Gasteiger charge is 2.16. The van der Waals surface area contributed by atoms with E-state index >= 15 is 0 Å². The van der Waals surface area contributed by atoms with Crippen molar-refractivity contribution in [2.75, 3.05) is 5.73 Å². The summed E-state index contributed by atoms with van der Waals surface area (Å²) in [4.78, 5) is 0. The van der Waals surface area contributed by atoms with Gasteiger partial charge in [0, 0.05) is 17.8 Å². The molecule has 0 spiro atoms. The van der Waals surface area contributed by atoms with Gasteiger partial charge in [-0.15, -0.1) is 11.3 Å². The summed E-state index contributed by atoms with van der Waals surface area (Å²) in [6, 6.07) is 2.12. The van der Waals surface area contributed by atoms with Crippen molar-refractivity contribution in [3.63, 3.8) is 0 Å². The number of nitrogen functional groups attached to an aromatic ring is 1. The minimum absolute atomic E-state index is 0.318. The Labute approximate surface area is 114 Å². The Balaban J connectivity index is 2.46. The van der Waals surface area contributed by atoms with Crippen molar-refractivity contribution in [1.29, 1.82) is 0 Å². The Morgan fingerprint density at radius 3 is 2.76 bits per heavy atom. The lowest BCUT2D eigenvalue weighted by Gasteiger charge is -2.07. The standard InChI is InChI=1S/C11H13Cl2N3S/c1-3-6(2)16-5-8(14)10(15-16)7-4-9(12)17-11(7)13/h4-6H,3,14H2,1-2H3. The van der Waals surface area contributed by atoms with Crippen LogP contribution < -0.4 is 5.73 Å². The van der Waals surface area contributed by atoms with Crippen LogP contribution in [0.3, 0.4) is 0 Å². The quantitative estimate of drug-likeness (QED) is 0.906. The molecule has 0 saturated carbocycles. The largest absolute Gasteiger partial charge is 0.396 e. The maximum absolute atomic E-state index is 6.10. The summed E-state index contributed by atoms with van der Waals surface area (Å²) in [6.07, 6.45) is 2.84. The second-order valence-electron chi connectivity index (χ2n) is 3.91. The molecule has 0 aliphatic heterocycles. The number of thiophene rings is 1. The molecule has 0 fully saturated rings. The first-order valence-corrected chi connectivity index (χ1v) is 6.90. The van der Waals surface area contributed by atoms with E-state index in [1.54, 1.807) is 6.07 Å². The number of aromatic nitrogens is 2. The molecule has 0 saturated heterocycles. The summed E-state index contributed by atoms with van der Waals surface area (Å²) < 4.78 is 3.13. The van der Waals surface area contributed by atoms with E-state index < -0.39 is 0 Å². The van der Waals surface area contributed by atoms with Crippen LogP contribution in [-0.4, -0.2) is 9.78 Å². The van der Waals surface area contributed by atoms with E-state index in [0.717, 1.165) is 12.0 Å². The molecule has 0 aliphatic rings. The zero-order valence-electron chi connectivity index (χ0n) is 9.58. The first kappa shape index (κ1) is 12.7. The van der Waals surface area contributed by atoms with E-state index in [1.807, 2.05) is 10.9 Å². The molecule has 0 aliphatic carbocycles. The Morgan fingerprint density at radius 2 is 2.24 bits per heavy atom. The Hall–Kier alpha value is -0.710. The van der Waals surface area contributed by atoms with E-state index in [1.165, 1.54) is 11.3 Å². The highest BCUT2D eigenvalue weighted by Crippen LogP contribution is 2.39. The highest BCUT2D eigenvalue weighted by atomic mass is 35.5. The average Bonchev–Trinajstić information content (AvgIpc) is 2.80. The van der Waals surface area contributed by atoms with Crippen molar-refractivity contribution in [3.05, 3.63) is 20.9 Å². The minimum Gasteiger partial charge on any atom is -0.396 e. The number of rotatable bonds is 3. The molecule has 6 heteroatoms. The van der Waals surface area contributed by atoms with Gasteiger partial charge in [0.05, 0.1) is 10.0 Å². The van der Waals surface area contributed by atoms with E-state index in [2.05, 4.69) is 18.9 Å². The molecule has 1 atom stereocenters. The van der Waals surface area contributed by atoms with Gasteiger partial charge in [-0.3, -0.25) is 4.68 Å². The fraction of sp³-hybridized carbons (Fsp3) is 0.364. The number of hydrogen-bond acceptors (Lipinski definition) is 3. The minimum atomic E-state index is 0.318. The molecule has 2 aromatic rings. The third-order valence-electron chi connectivity index (χ3n) is 2.71. The zero-order valence-corrected chi connectivity index (χ0v) is 11.9. The zero-order chi connectivity index (χ0) is 12.6. The first-order valence-electron chi connectivity index (χ1n) is 5.32. The monoisotopic (exact) mass is 289 g/mol. The Bertz CT molecular complexity index is 533. The van der Waals surface area contributed by atoms with Crippen molar-refractivity contribution >= 4 is 40.2 Å². The smallest absolute Gasteiger partial charge is 0.118 e. The molecule has 0 bridgehead atoms. The van der Waals surface area contributed by atoms with Crippen molar-refractivity contribution in [2.45, 2.75) is 26.3 Å². The van der Waals surface area contributed by atoms with Gasteiger partial charge in [0.1, 0.15) is 10.0 Å². The van der Waals surface area contributed by atoms with Crippen LogP contribution in [-0.2, 0) is 0 Å². The number of hydrogen-bond donors (Lipinski definition) is 1. The summed E-state index contributed by atoms with van der Waals surface area (Å²) in [5.74, 6) is 0. The first-order chi connectivity index (χ1) is 8.02. The van der Waals surface area contributed by atoms with E-state index in [4.69, 9.17) is 28.9 Å². The SMILES string of the molecule is CCC(C)n1cc(N)c(-c2cc(Cl)sc2Cl)n1. The molecule has 92 valence electrons. The van der Waals surface area contributed by atoms with Gasteiger partial charge in [-0.25, -0.2) is 0 Å². The summed E-state index contributed by atoms with van der Waals surface area (Å²) in [7, 11) is 0. The second-order valence-corrected chi connectivity index (χ2v) is 6.19. The molecular formula is C11H13Cl2N3S. The maximum atomic E-state index is 6.10.